The largest absolute Gasteiger partial charge is 0.363 e. The molecule has 1 amide bonds. The average Bonchev–Trinajstić information content (AvgIpc) is 2.91. The van der Waals surface area contributed by atoms with Crippen molar-refractivity contribution in [3.63, 3.8) is 0 Å². The van der Waals surface area contributed by atoms with Gasteiger partial charge in [-0.2, -0.15) is 5.10 Å². The van der Waals surface area contributed by atoms with Crippen molar-refractivity contribution in [1.29, 1.82) is 0 Å². The maximum Gasteiger partial charge on any atom is 0.260 e. The van der Waals surface area contributed by atoms with Gasteiger partial charge in [0.05, 0.1) is 29.7 Å². The number of amides is 1. The minimum Gasteiger partial charge on any atom is -0.363 e. The summed E-state index contributed by atoms with van der Waals surface area (Å²) >= 11 is 12.6. The summed E-state index contributed by atoms with van der Waals surface area (Å²) in [6, 6.07) is 11.1. The lowest BCUT2D eigenvalue weighted by Crippen LogP contribution is -2.14. The number of halogens is 2. The Morgan fingerprint density at radius 1 is 1.19 bits per heavy atom. The molecule has 0 spiro atoms. The van der Waals surface area contributed by atoms with E-state index in [1.54, 1.807) is 29.9 Å². The zero-order valence-corrected chi connectivity index (χ0v) is 16.7. The Balaban J connectivity index is 1.81. The van der Waals surface area contributed by atoms with Crippen LogP contribution in [-0.4, -0.2) is 34.8 Å². The molecule has 2 heterocycles. The highest BCUT2D eigenvalue weighted by Gasteiger charge is 2.21. The fourth-order valence-corrected chi connectivity index (χ4v) is 3.14. The van der Waals surface area contributed by atoms with Crippen LogP contribution in [0, 0.1) is 6.92 Å². The molecule has 0 aliphatic rings. The number of carbonyl (C=O) groups is 1. The van der Waals surface area contributed by atoms with E-state index >= 15 is 0 Å². The Morgan fingerprint density at radius 2 is 1.93 bits per heavy atom. The number of benzene rings is 1. The first kappa shape index (κ1) is 19.2. The summed E-state index contributed by atoms with van der Waals surface area (Å²) in [6.07, 6.45) is 1.60. The fourth-order valence-electron chi connectivity index (χ4n) is 2.62. The Labute approximate surface area is 167 Å². The van der Waals surface area contributed by atoms with Crippen LogP contribution in [0.15, 0.2) is 42.6 Å². The maximum atomic E-state index is 12.7. The molecule has 8 heteroatoms. The van der Waals surface area contributed by atoms with Gasteiger partial charge >= 0.3 is 0 Å². The number of carbonyl (C=O) groups excluding carboxylic acids is 1. The topological polar surface area (TPSA) is 63.1 Å². The van der Waals surface area contributed by atoms with E-state index in [9.17, 15) is 4.79 Å². The smallest absolute Gasteiger partial charge is 0.260 e. The second kappa shape index (κ2) is 7.98. The van der Waals surface area contributed by atoms with Crippen LogP contribution in [0.4, 0.5) is 11.5 Å². The van der Waals surface area contributed by atoms with Crippen molar-refractivity contribution in [2.24, 2.45) is 0 Å². The molecular weight excluding hydrogens is 385 g/mol. The summed E-state index contributed by atoms with van der Waals surface area (Å²) in [5.74, 6) is 0.470. The van der Waals surface area contributed by atoms with Crippen LogP contribution in [0.1, 0.15) is 21.6 Å². The Kier molecular flexibility index (Phi) is 5.68. The lowest BCUT2D eigenvalue weighted by Gasteiger charge is -2.11. The molecule has 27 heavy (non-hydrogen) atoms. The van der Waals surface area contributed by atoms with Crippen LogP contribution in [-0.2, 0) is 6.54 Å². The van der Waals surface area contributed by atoms with Gasteiger partial charge in [0.2, 0.25) is 0 Å². The van der Waals surface area contributed by atoms with Gasteiger partial charge in [-0.15, -0.1) is 0 Å². The number of hydrogen-bond acceptors (Lipinski definition) is 4. The third-order valence-electron chi connectivity index (χ3n) is 4.03. The van der Waals surface area contributed by atoms with Gasteiger partial charge in [-0.3, -0.25) is 4.79 Å². The first-order valence-electron chi connectivity index (χ1n) is 8.28. The van der Waals surface area contributed by atoms with Gasteiger partial charge in [-0.05, 0) is 30.7 Å². The molecule has 0 atom stereocenters. The number of nitrogens with one attached hydrogen (secondary N) is 1. The van der Waals surface area contributed by atoms with Crippen molar-refractivity contribution in [2.45, 2.75) is 13.5 Å². The summed E-state index contributed by atoms with van der Waals surface area (Å²) in [5, 5.41) is 8.09. The van der Waals surface area contributed by atoms with Crippen LogP contribution in [0.5, 0.6) is 0 Å². The Hall–Kier alpha value is -2.57. The maximum absolute atomic E-state index is 12.7. The van der Waals surface area contributed by atoms with E-state index in [0.29, 0.717) is 28.5 Å². The predicted octanol–water partition coefficient (Wildman–Crippen LogP) is 4.26. The van der Waals surface area contributed by atoms with E-state index in [2.05, 4.69) is 15.4 Å². The summed E-state index contributed by atoms with van der Waals surface area (Å²) in [6.45, 7) is 2.13. The third kappa shape index (κ3) is 4.23. The van der Waals surface area contributed by atoms with Crippen LogP contribution >= 0.6 is 23.2 Å². The lowest BCUT2D eigenvalue weighted by atomic mass is 10.2. The number of pyridine rings is 1. The zero-order valence-electron chi connectivity index (χ0n) is 15.2. The van der Waals surface area contributed by atoms with Crippen molar-refractivity contribution >= 4 is 40.6 Å². The van der Waals surface area contributed by atoms with Crippen molar-refractivity contribution in [3.8, 4) is 0 Å². The van der Waals surface area contributed by atoms with Crippen molar-refractivity contribution in [2.75, 3.05) is 24.3 Å². The van der Waals surface area contributed by atoms with Gasteiger partial charge in [-0.1, -0.05) is 41.4 Å². The molecule has 0 aliphatic carbocycles. The minimum absolute atomic E-state index is 0.266. The fraction of sp³-hybridized carbons (Fsp3) is 0.211. The van der Waals surface area contributed by atoms with Gasteiger partial charge in [0.15, 0.2) is 0 Å². The summed E-state index contributed by atoms with van der Waals surface area (Å²) in [5.41, 5.74) is 2.33. The molecule has 3 rings (SSSR count). The Bertz CT molecular complexity index is 967. The second-order valence-corrected chi connectivity index (χ2v) is 7.02. The SMILES string of the molecule is Cc1nn(Cc2ccccc2Cl)c(Cl)c1C(=O)Nc1ccc(N(C)C)nc1. The Morgan fingerprint density at radius 3 is 2.56 bits per heavy atom. The van der Waals surface area contributed by atoms with Gasteiger partial charge in [0.1, 0.15) is 11.0 Å². The third-order valence-corrected chi connectivity index (χ3v) is 4.79. The predicted molar refractivity (Wildman–Crippen MR) is 109 cm³/mol. The zero-order chi connectivity index (χ0) is 19.6. The molecule has 0 saturated carbocycles. The molecular formula is C19H19Cl2N5O. The summed E-state index contributed by atoms with van der Waals surface area (Å²) < 4.78 is 1.57. The van der Waals surface area contributed by atoms with Crippen molar-refractivity contribution in [3.05, 3.63) is 69.6 Å². The number of aromatic nitrogens is 3. The molecule has 3 aromatic rings. The highest BCUT2D eigenvalue weighted by molar-refractivity contribution is 6.34. The van der Waals surface area contributed by atoms with Crippen LogP contribution in [0.2, 0.25) is 10.2 Å². The van der Waals surface area contributed by atoms with Gasteiger partial charge in [0.25, 0.3) is 5.91 Å². The number of hydrogen-bond donors (Lipinski definition) is 1. The molecule has 1 aromatic carbocycles. The molecule has 0 radical (unpaired) electrons. The number of anilines is 2. The van der Waals surface area contributed by atoms with Gasteiger partial charge in [0, 0.05) is 19.1 Å². The molecule has 0 unspecified atom stereocenters. The van der Waals surface area contributed by atoms with Gasteiger partial charge < -0.3 is 10.2 Å². The van der Waals surface area contributed by atoms with Gasteiger partial charge in [-0.25, -0.2) is 9.67 Å². The first-order valence-corrected chi connectivity index (χ1v) is 9.03. The lowest BCUT2D eigenvalue weighted by molar-refractivity contribution is 0.102. The standard InChI is InChI=1S/C19H19Cl2N5O/c1-12-17(19(27)23-14-8-9-16(22-10-14)25(2)3)18(21)26(24-12)11-13-6-4-5-7-15(13)20/h4-10H,11H2,1-3H3,(H,23,27). The highest BCUT2D eigenvalue weighted by Crippen LogP contribution is 2.24. The van der Waals surface area contributed by atoms with Crippen molar-refractivity contribution in [1.82, 2.24) is 14.8 Å². The quantitative estimate of drug-likeness (QED) is 0.690. The molecule has 0 bridgehead atoms. The van der Waals surface area contributed by atoms with Crippen molar-refractivity contribution < 1.29 is 4.79 Å². The monoisotopic (exact) mass is 403 g/mol. The van der Waals surface area contributed by atoms with Crippen LogP contribution in [0.3, 0.4) is 0 Å². The molecule has 2 aromatic heterocycles. The van der Waals surface area contributed by atoms with E-state index in [1.807, 2.05) is 43.3 Å². The summed E-state index contributed by atoms with van der Waals surface area (Å²) in [7, 11) is 3.80. The van der Waals surface area contributed by atoms with E-state index in [1.165, 1.54) is 0 Å². The summed E-state index contributed by atoms with van der Waals surface area (Å²) in [4.78, 5) is 18.9. The number of aryl methyl sites for hydroxylation is 1. The number of rotatable bonds is 5. The number of nitrogens with zero attached hydrogens (tertiary/aromatic N) is 4. The molecule has 6 nitrogen and oxygen atoms in total. The van der Waals surface area contributed by atoms with E-state index < -0.39 is 0 Å². The minimum atomic E-state index is -0.331. The second-order valence-electron chi connectivity index (χ2n) is 6.25. The van der Waals surface area contributed by atoms with Crippen LogP contribution < -0.4 is 10.2 Å². The van der Waals surface area contributed by atoms with E-state index in [4.69, 9.17) is 23.2 Å². The molecule has 140 valence electrons. The molecule has 0 fully saturated rings. The molecule has 0 aliphatic heterocycles. The first-order chi connectivity index (χ1) is 12.9. The van der Waals surface area contributed by atoms with Crippen LogP contribution in [0.25, 0.3) is 0 Å². The highest BCUT2D eigenvalue weighted by atomic mass is 35.5. The molecule has 0 saturated heterocycles. The van der Waals surface area contributed by atoms with E-state index in [0.717, 1.165) is 11.4 Å². The normalized spacial score (nSPS) is 10.7. The molecule has 1 N–H and O–H groups in total. The van der Waals surface area contributed by atoms with E-state index in [-0.39, 0.29) is 11.1 Å². The average molecular weight is 404 g/mol.